The number of rotatable bonds is 4. The lowest BCUT2D eigenvalue weighted by atomic mass is 9.83. The fourth-order valence-corrected chi connectivity index (χ4v) is 4.65. The molecule has 4 rings (SSSR count). The van der Waals surface area contributed by atoms with E-state index in [-0.39, 0.29) is 11.3 Å². The number of piperidine rings is 2. The molecule has 3 heterocycles. The first-order chi connectivity index (χ1) is 13.9. The van der Waals surface area contributed by atoms with E-state index < -0.39 is 0 Å². The Labute approximate surface area is 173 Å². The second-order valence-electron chi connectivity index (χ2n) is 9.40. The lowest BCUT2D eigenvalue weighted by Gasteiger charge is -2.41. The van der Waals surface area contributed by atoms with Gasteiger partial charge in [0, 0.05) is 24.6 Å². The quantitative estimate of drug-likeness (QED) is 0.784. The van der Waals surface area contributed by atoms with Crippen LogP contribution < -0.4 is 0 Å². The van der Waals surface area contributed by atoms with Crippen molar-refractivity contribution >= 4 is 5.91 Å². The van der Waals surface area contributed by atoms with E-state index in [2.05, 4.69) is 46.8 Å². The van der Waals surface area contributed by atoms with Gasteiger partial charge in [0.15, 0.2) is 0 Å². The Hall–Kier alpha value is -2.21. The highest BCUT2D eigenvalue weighted by molar-refractivity contribution is 5.79. The molecule has 2 aromatic rings. The molecule has 0 unspecified atom stereocenters. The van der Waals surface area contributed by atoms with Crippen LogP contribution in [0.5, 0.6) is 0 Å². The van der Waals surface area contributed by atoms with Crippen LogP contribution in [0.4, 0.5) is 0 Å². The van der Waals surface area contributed by atoms with Gasteiger partial charge in [-0.15, -0.1) is 0 Å². The minimum Gasteiger partial charge on any atom is -0.342 e. The number of aryl methyl sites for hydroxylation is 1. The van der Waals surface area contributed by atoms with Gasteiger partial charge < -0.3 is 9.42 Å². The molecule has 0 bridgehead atoms. The molecule has 2 saturated heterocycles. The molecule has 6 nitrogen and oxygen atoms in total. The summed E-state index contributed by atoms with van der Waals surface area (Å²) in [6.45, 7) is 10.9. The second kappa shape index (κ2) is 8.27. The van der Waals surface area contributed by atoms with E-state index in [0.29, 0.717) is 24.2 Å². The molecule has 0 saturated carbocycles. The largest absolute Gasteiger partial charge is 0.342 e. The molecule has 2 fully saturated rings. The van der Waals surface area contributed by atoms with Gasteiger partial charge in [-0.1, -0.05) is 43.3 Å². The molecular weight excluding hydrogens is 364 g/mol. The van der Waals surface area contributed by atoms with Crippen molar-refractivity contribution in [1.82, 2.24) is 19.9 Å². The molecule has 2 aliphatic rings. The Kier molecular flexibility index (Phi) is 5.72. The van der Waals surface area contributed by atoms with Gasteiger partial charge >= 0.3 is 0 Å². The molecule has 0 radical (unpaired) electrons. The third-order valence-corrected chi connectivity index (χ3v) is 6.36. The van der Waals surface area contributed by atoms with E-state index in [1.807, 2.05) is 18.2 Å². The number of amides is 1. The highest BCUT2D eigenvalue weighted by Crippen LogP contribution is 2.31. The van der Waals surface area contributed by atoms with Crippen molar-refractivity contribution in [2.45, 2.75) is 53.0 Å². The first-order valence-electron chi connectivity index (χ1n) is 10.8. The topological polar surface area (TPSA) is 62.5 Å². The number of carbonyl (C=O) groups is 1. The summed E-state index contributed by atoms with van der Waals surface area (Å²) >= 11 is 0. The number of hydrogen-bond donors (Lipinski definition) is 0. The number of carbonyl (C=O) groups excluding carboxylic acids is 1. The molecular formula is C23H32N4O2. The normalized spacial score (nSPS) is 20.7. The summed E-state index contributed by atoms with van der Waals surface area (Å²) in [7, 11) is 0. The third-order valence-electron chi connectivity index (χ3n) is 6.36. The SMILES string of the molecule is Cc1ccccc1-c1noc(CN2CCC(C(=O)N3CCCC(C)(C)C3)CC2)n1. The van der Waals surface area contributed by atoms with Crippen molar-refractivity contribution < 1.29 is 9.32 Å². The van der Waals surface area contributed by atoms with Crippen LogP contribution in [0.2, 0.25) is 0 Å². The summed E-state index contributed by atoms with van der Waals surface area (Å²) in [5.41, 5.74) is 2.40. The van der Waals surface area contributed by atoms with Crippen molar-refractivity contribution in [3.8, 4) is 11.4 Å². The van der Waals surface area contributed by atoms with Gasteiger partial charge in [-0.25, -0.2) is 0 Å². The van der Waals surface area contributed by atoms with Gasteiger partial charge in [-0.2, -0.15) is 4.98 Å². The van der Waals surface area contributed by atoms with Crippen LogP contribution in [0.25, 0.3) is 11.4 Å². The van der Waals surface area contributed by atoms with Crippen LogP contribution in [0.15, 0.2) is 28.8 Å². The van der Waals surface area contributed by atoms with Crippen LogP contribution in [0.3, 0.4) is 0 Å². The monoisotopic (exact) mass is 396 g/mol. The van der Waals surface area contributed by atoms with Gasteiger partial charge in [0.1, 0.15) is 0 Å². The van der Waals surface area contributed by atoms with E-state index in [1.54, 1.807) is 0 Å². The van der Waals surface area contributed by atoms with Crippen LogP contribution >= 0.6 is 0 Å². The Balaban J connectivity index is 1.30. The van der Waals surface area contributed by atoms with E-state index in [1.165, 1.54) is 6.42 Å². The van der Waals surface area contributed by atoms with Gasteiger partial charge in [-0.3, -0.25) is 9.69 Å². The molecule has 6 heteroatoms. The van der Waals surface area contributed by atoms with Crippen molar-refractivity contribution in [2.75, 3.05) is 26.2 Å². The van der Waals surface area contributed by atoms with Crippen molar-refractivity contribution in [3.63, 3.8) is 0 Å². The number of benzene rings is 1. The fourth-order valence-electron chi connectivity index (χ4n) is 4.65. The zero-order chi connectivity index (χ0) is 20.4. The van der Waals surface area contributed by atoms with Gasteiger partial charge in [-0.05, 0) is 56.7 Å². The zero-order valence-corrected chi connectivity index (χ0v) is 17.9. The number of aromatic nitrogens is 2. The summed E-state index contributed by atoms with van der Waals surface area (Å²) in [4.78, 5) is 22.0. The first-order valence-corrected chi connectivity index (χ1v) is 10.8. The standard InChI is InChI=1S/C23H32N4O2/c1-17-7-4-5-8-19(17)21-24-20(29-25-21)15-26-13-9-18(10-14-26)22(28)27-12-6-11-23(2,3)16-27/h4-5,7-8,18H,6,9-16H2,1-3H3. The van der Waals surface area contributed by atoms with Crippen LogP contribution in [0.1, 0.15) is 51.0 Å². The van der Waals surface area contributed by atoms with Crippen molar-refractivity contribution in [2.24, 2.45) is 11.3 Å². The molecule has 29 heavy (non-hydrogen) atoms. The molecule has 1 aromatic carbocycles. The molecule has 1 amide bonds. The summed E-state index contributed by atoms with van der Waals surface area (Å²) in [6, 6.07) is 8.07. The molecule has 0 N–H and O–H groups in total. The Bertz CT molecular complexity index is 852. The van der Waals surface area contributed by atoms with Crippen molar-refractivity contribution in [1.29, 1.82) is 0 Å². The predicted molar refractivity (Wildman–Crippen MR) is 112 cm³/mol. The number of hydrogen-bond acceptors (Lipinski definition) is 5. The average Bonchev–Trinajstić information content (AvgIpc) is 3.16. The molecule has 2 aliphatic heterocycles. The Morgan fingerprint density at radius 1 is 1.21 bits per heavy atom. The fraction of sp³-hybridized carbons (Fsp3) is 0.609. The van der Waals surface area contributed by atoms with E-state index in [9.17, 15) is 4.79 Å². The molecule has 0 aliphatic carbocycles. The highest BCUT2D eigenvalue weighted by Gasteiger charge is 2.34. The van der Waals surface area contributed by atoms with E-state index in [4.69, 9.17) is 4.52 Å². The van der Waals surface area contributed by atoms with Crippen LogP contribution in [-0.2, 0) is 11.3 Å². The number of likely N-dealkylation sites (tertiary alicyclic amines) is 2. The summed E-state index contributed by atoms with van der Waals surface area (Å²) < 4.78 is 5.49. The van der Waals surface area contributed by atoms with Crippen molar-refractivity contribution in [3.05, 3.63) is 35.7 Å². The zero-order valence-electron chi connectivity index (χ0n) is 17.9. The molecule has 1 aromatic heterocycles. The lowest BCUT2D eigenvalue weighted by molar-refractivity contribution is -0.140. The third kappa shape index (κ3) is 4.69. The highest BCUT2D eigenvalue weighted by atomic mass is 16.5. The molecule has 156 valence electrons. The Morgan fingerprint density at radius 3 is 2.69 bits per heavy atom. The molecule has 0 spiro atoms. The maximum Gasteiger partial charge on any atom is 0.241 e. The van der Waals surface area contributed by atoms with Gasteiger partial charge in [0.25, 0.3) is 0 Å². The number of nitrogens with zero attached hydrogens (tertiary/aromatic N) is 4. The first kappa shape index (κ1) is 20.1. The Morgan fingerprint density at radius 2 is 1.97 bits per heavy atom. The summed E-state index contributed by atoms with van der Waals surface area (Å²) in [6.07, 6.45) is 4.16. The minimum absolute atomic E-state index is 0.158. The summed E-state index contributed by atoms with van der Waals surface area (Å²) in [5, 5.41) is 4.16. The maximum absolute atomic E-state index is 13.0. The lowest BCUT2D eigenvalue weighted by Crippen LogP contribution is -2.48. The average molecular weight is 397 g/mol. The van der Waals surface area contributed by atoms with Gasteiger partial charge in [0.05, 0.1) is 6.54 Å². The van der Waals surface area contributed by atoms with Crippen LogP contribution in [-0.4, -0.2) is 52.0 Å². The summed E-state index contributed by atoms with van der Waals surface area (Å²) in [5.74, 6) is 1.81. The van der Waals surface area contributed by atoms with E-state index in [0.717, 1.165) is 56.6 Å². The smallest absolute Gasteiger partial charge is 0.241 e. The second-order valence-corrected chi connectivity index (χ2v) is 9.40. The minimum atomic E-state index is 0.158. The van der Waals surface area contributed by atoms with Crippen LogP contribution in [0, 0.1) is 18.3 Å². The maximum atomic E-state index is 13.0. The van der Waals surface area contributed by atoms with E-state index >= 15 is 0 Å². The van der Waals surface area contributed by atoms with Gasteiger partial charge in [0.2, 0.25) is 17.6 Å². The predicted octanol–water partition coefficient (Wildman–Crippen LogP) is 3.91. The molecule has 0 atom stereocenters.